The van der Waals surface area contributed by atoms with Gasteiger partial charge in [0.05, 0.1) is 25.3 Å². The van der Waals surface area contributed by atoms with Crippen LogP contribution in [0, 0.1) is 0 Å². The number of nitrogens with one attached hydrogen (secondary N) is 2. The van der Waals surface area contributed by atoms with Crippen LogP contribution in [0.3, 0.4) is 0 Å². The summed E-state index contributed by atoms with van der Waals surface area (Å²) in [6.07, 6.45) is 6.27. The zero-order valence-electron chi connectivity index (χ0n) is 12.7. The van der Waals surface area contributed by atoms with E-state index >= 15 is 0 Å². The number of methoxy groups -OCH3 is 2. The third-order valence-electron chi connectivity index (χ3n) is 4.19. The van der Waals surface area contributed by atoms with Gasteiger partial charge in [-0.1, -0.05) is 12.8 Å². The number of rotatable bonds is 6. The molecule has 1 heterocycles. The van der Waals surface area contributed by atoms with Crippen molar-refractivity contribution < 1.29 is 9.47 Å². The Morgan fingerprint density at radius 2 is 1.90 bits per heavy atom. The first kappa shape index (κ1) is 14.2. The summed E-state index contributed by atoms with van der Waals surface area (Å²) in [4.78, 5) is 7.99. The van der Waals surface area contributed by atoms with Gasteiger partial charge < -0.3 is 19.8 Å². The molecule has 0 saturated heterocycles. The van der Waals surface area contributed by atoms with Gasteiger partial charge in [-0.25, -0.2) is 4.98 Å². The van der Waals surface area contributed by atoms with Crippen molar-refractivity contribution in [1.82, 2.24) is 15.3 Å². The summed E-state index contributed by atoms with van der Waals surface area (Å²) in [5, 5.41) is 3.61. The van der Waals surface area contributed by atoms with E-state index in [1.165, 1.54) is 25.7 Å². The molecule has 0 radical (unpaired) electrons. The van der Waals surface area contributed by atoms with Crippen LogP contribution in [0.15, 0.2) is 12.1 Å². The van der Waals surface area contributed by atoms with Crippen molar-refractivity contribution in [3.05, 3.63) is 18.0 Å². The summed E-state index contributed by atoms with van der Waals surface area (Å²) >= 11 is 0. The lowest BCUT2D eigenvalue weighted by Gasteiger charge is -2.10. The molecule has 21 heavy (non-hydrogen) atoms. The highest BCUT2D eigenvalue weighted by molar-refractivity contribution is 5.79. The van der Waals surface area contributed by atoms with Gasteiger partial charge in [0, 0.05) is 31.1 Å². The second-order valence-corrected chi connectivity index (χ2v) is 5.59. The molecule has 1 fully saturated rings. The second kappa shape index (κ2) is 6.35. The molecule has 2 aromatic rings. The van der Waals surface area contributed by atoms with E-state index in [1.807, 2.05) is 12.1 Å². The Morgan fingerprint density at radius 1 is 1.19 bits per heavy atom. The minimum absolute atomic E-state index is 0.703. The lowest BCUT2D eigenvalue weighted by Crippen LogP contribution is -2.28. The maximum Gasteiger partial charge on any atom is 0.163 e. The molecule has 0 unspecified atom stereocenters. The van der Waals surface area contributed by atoms with Crippen LogP contribution in [-0.4, -0.2) is 36.8 Å². The number of nitrogens with zero attached hydrogens (tertiary/aromatic N) is 1. The van der Waals surface area contributed by atoms with Crippen LogP contribution < -0.4 is 14.8 Å². The normalized spacial score (nSPS) is 15.7. The lowest BCUT2D eigenvalue weighted by molar-refractivity contribution is 0.356. The number of aromatic amines is 1. The van der Waals surface area contributed by atoms with Crippen LogP contribution in [0.4, 0.5) is 0 Å². The van der Waals surface area contributed by atoms with Gasteiger partial charge in [0.2, 0.25) is 0 Å². The average Bonchev–Trinajstić information content (AvgIpc) is 3.14. The first-order chi connectivity index (χ1) is 10.3. The smallest absolute Gasteiger partial charge is 0.163 e. The van der Waals surface area contributed by atoms with Gasteiger partial charge in [-0.15, -0.1) is 0 Å². The van der Waals surface area contributed by atoms with Crippen molar-refractivity contribution in [3.8, 4) is 11.5 Å². The number of H-pyrrole nitrogens is 1. The number of hydrogen-bond acceptors (Lipinski definition) is 4. The molecule has 0 atom stereocenters. The summed E-state index contributed by atoms with van der Waals surface area (Å²) < 4.78 is 10.6. The number of benzene rings is 1. The number of fused-ring (bicyclic) bond motifs is 1. The summed E-state index contributed by atoms with van der Waals surface area (Å²) in [6.45, 7) is 0.971. The SMILES string of the molecule is COc1cc2nc(CCNC3CCCC3)[nH]c2cc1OC. The Balaban J connectivity index is 1.68. The van der Waals surface area contributed by atoms with E-state index < -0.39 is 0 Å². The monoisotopic (exact) mass is 289 g/mol. The number of hydrogen-bond donors (Lipinski definition) is 2. The van der Waals surface area contributed by atoms with Gasteiger partial charge in [0.15, 0.2) is 11.5 Å². The summed E-state index contributed by atoms with van der Waals surface area (Å²) in [6, 6.07) is 4.56. The molecule has 3 rings (SSSR count). The Morgan fingerprint density at radius 3 is 2.62 bits per heavy atom. The predicted octanol–water partition coefficient (Wildman–Crippen LogP) is 2.65. The van der Waals surface area contributed by atoms with E-state index in [9.17, 15) is 0 Å². The Hall–Kier alpha value is -1.75. The molecule has 1 aromatic heterocycles. The molecular formula is C16H23N3O2. The first-order valence-corrected chi connectivity index (χ1v) is 7.64. The minimum Gasteiger partial charge on any atom is -0.493 e. The molecule has 1 aromatic carbocycles. The molecular weight excluding hydrogens is 266 g/mol. The minimum atomic E-state index is 0.703. The predicted molar refractivity (Wildman–Crippen MR) is 83.2 cm³/mol. The van der Waals surface area contributed by atoms with Gasteiger partial charge in [-0.05, 0) is 12.8 Å². The highest BCUT2D eigenvalue weighted by atomic mass is 16.5. The number of ether oxygens (including phenoxy) is 2. The lowest BCUT2D eigenvalue weighted by atomic mass is 10.2. The summed E-state index contributed by atoms with van der Waals surface area (Å²) in [5.41, 5.74) is 1.91. The summed E-state index contributed by atoms with van der Waals surface area (Å²) in [5.74, 6) is 2.45. The highest BCUT2D eigenvalue weighted by Crippen LogP contribution is 2.31. The molecule has 0 bridgehead atoms. The third kappa shape index (κ3) is 3.13. The van der Waals surface area contributed by atoms with Crippen LogP contribution in [0.1, 0.15) is 31.5 Å². The fourth-order valence-corrected chi connectivity index (χ4v) is 3.03. The van der Waals surface area contributed by atoms with Crippen molar-refractivity contribution in [1.29, 1.82) is 0 Å². The molecule has 1 aliphatic carbocycles. The van der Waals surface area contributed by atoms with Gasteiger partial charge in [0.25, 0.3) is 0 Å². The van der Waals surface area contributed by atoms with Crippen LogP contribution in [-0.2, 0) is 6.42 Å². The van der Waals surface area contributed by atoms with Crippen LogP contribution in [0.2, 0.25) is 0 Å². The zero-order chi connectivity index (χ0) is 14.7. The second-order valence-electron chi connectivity index (χ2n) is 5.59. The maximum absolute atomic E-state index is 5.32. The van der Waals surface area contributed by atoms with Gasteiger partial charge >= 0.3 is 0 Å². The number of aromatic nitrogens is 2. The maximum atomic E-state index is 5.32. The average molecular weight is 289 g/mol. The van der Waals surface area contributed by atoms with Gasteiger partial charge in [0.1, 0.15) is 5.82 Å². The van der Waals surface area contributed by atoms with Gasteiger partial charge in [-0.2, -0.15) is 0 Å². The van der Waals surface area contributed by atoms with E-state index in [1.54, 1.807) is 14.2 Å². The molecule has 1 aliphatic rings. The third-order valence-corrected chi connectivity index (χ3v) is 4.19. The van der Waals surface area contributed by atoms with Crippen molar-refractivity contribution >= 4 is 11.0 Å². The van der Waals surface area contributed by atoms with Crippen molar-refractivity contribution in [3.63, 3.8) is 0 Å². The van der Waals surface area contributed by atoms with Crippen molar-refractivity contribution in [2.75, 3.05) is 20.8 Å². The molecule has 114 valence electrons. The first-order valence-electron chi connectivity index (χ1n) is 7.64. The van der Waals surface area contributed by atoms with E-state index in [4.69, 9.17) is 9.47 Å². The van der Waals surface area contributed by atoms with Gasteiger partial charge in [-0.3, -0.25) is 0 Å². The van der Waals surface area contributed by atoms with E-state index in [0.717, 1.165) is 35.6 Å². The Labute approximate surface area is 125 Å². The van der Waals surface area contributed by atoms with E-state index in [-0.39, 0.29) is 0 Å². The molecule has 0 aliphatic heterocycles. The zero-order valence-corrected chi connectivity index (χ0v) is 12.7. The fourth-order valence-electron chi connectivity index (χ4n) is 3.03. The Kier molecular flexibility index (Phi) is 4.29. The van der Waals surface area contributed by atoms with Crippen LogP contribution >= 0.6 is 0 Å². The van der Waals surface area contributed by atoms with Crippen LogP contribution in [0.25, 0.3) is 11.0 Å². The van der Waals surface area contributed by atoms with Crippen molar-refractivity contribution in [2.24, 2.45) is 0 Å². The number of imidazole rings is 1. The molecule has 1 saturated carbocycles. The fraction of sp³-hybridized carbons (Fsp3) is 0.562. The quantitative estimate of drug-likeness (QED) is 0.858. The molecule has 5 nitrogen and oxygen atoms in total. The molecule has 0 amide bonds. The van der Waals surface area contributed by atoms with Crippen molar-refractivity contribution in [2.45, 2.75) is 38.1 Å². The van der Waals surface area contributed by atoms with Crippen LogP contribution in [0.5, 0.6) is 11.5 Å². The summed E-state index contributed by atoms with van der Waals surface area (Å²) in [7, 11) is 3.29. The standard InChI is InChI=1S/C16H23N3O2/c1-20-14-9-12-13(10-15(14)21-2)19-16(18-12)7-8-17-11-5-3-4-6-11/h9-11,17H,3-8H2,1-2H3,(H,18,19). The molecule has 2 N–H and O–H groups in total. The highest BCUT2D eigenvalue weighted by Gasteiger charge is 2.14. The molecule has 5 heteroatoms. The van der Waals surface area contributed by atoms with E-state index in [2.05, 4.69) is 15.3 Å². The largest absolute Gasteiger partial charge is 0.493 e. The topological polar surface area (TPSA) is 59.2 Å². The van der Waals surface area contributed by atoms with E-state index in [0.29, 0.717) is 11.8 Å². The molecule has 0 spiro atoms. The Bertz CT molecular complexity index is 562.